The highest BCUT2D eigenvalue weighted by atomic mass is 32.1. The monoisotopic (exact) mass is 579 g/mol. The number of ether oxygens (including phenoxy) is 1. The number of anilines is 4. The number of rotatable bonds is 7. The molecular formula is C30H25N7O2S2. The lowest BCUT2D eigenvalue weighted by Crippen LogP contribution is -2.36. The topological polar surface area (TPSA) is 96.7 Å². The molecule has 2 N–H and O–H groups in total. The Labute approximate surface area is 244 Å². The molecule has 0 radical (unpaired) electrons. The highest BCUT2D eigenvalue weighted by molar-refractivity contribution is 7.15. The highest BCUT2D eigenvalue weighted by Gasteiger charge is 2.19. The van der Waals surface area contributed by atoms with E-state index in [0.717, 1.165) is 59.6 Å². The van der Waals surface area contributed by atoms with Crippen LogP contribution in [0.2, 0.25) is 0 Å². The van der Waals surface area contributed by atoms with Crippen LogP contribution in [-0.4, -0.2) is 51.6 Å². The number of thiazole rings is 1. The van der Waals surface area contributed by atoms with Crippen molar-refractivity contribution < 1.29 is 9.53 Å². The van der Waals surface area contributed by atoms with Gasteiger partial charge < -0.3 is 20.3 Å². The Morgan fingerprint density at radius 3 is 2.66 bits per heavy atom. The van der Waals surface area contributed by atoms with Crippen LogP contribution in [0.4, 0.5) is 23.0 Å². The highest BCUT2D eigenvalue weighted by Crippen LogP contribution is 2.35. The van der Waals surface area contributed by atoms with Crippen LogP contribution < -0.4 is 15.5 Å². The number of benzene rings is 2. The average Bonchev–Trinajstić information content (AvgIpc) is 3.77. The lowest BCUT2D eigenvalue weighted by molar-refractivity contribution is 0.102. The molecule has 0 atom stereocenters. The maximum absolute atomic E-state index is 12.6. The summed E-state index contributed by atoms with van der Waals surface area (Å²) in [5.41, 5.74) is 6.67. The number of aromatic nitrogens is 4. The van der Waals surface area contributed by atoms with Gasteiger partial charge in [-0.2, -0.15) is 11.3 Å². The molecule has 0 bridgehead atoms. The van der Waals surface area contributed by atoms with E-state index in [2.05, 4.69) is 32.7 Å². The van der Waals surface area contributed by atoms with Crippen LogP contribution in [0.25, 0.3) is 27.6 Å². The van der Waals surface area contributed by atoms with Crippen molar-refractivity contribution in [1.82, 2.24) is 19.4 Å². The average molecular weight is 580 g/mol. The summed E-state index contributed by atoms with van der Waals surface area (Å²) in [7, 11) is 0. The molecular weight excluding hydrogens is 555 g/mol. The molecule has 1 fully saturated rings. The van der Waals surface area contributed by atoms with Crippen molar-refractivity contribution >= 4 is 56.6 Å². The molecule has 1 saturated heterocycles. The second kappa shape index (κ2) is 11.1. The summed E-state index contributed by atoms with van der Waals surface area (Å²) in [6, 6.07) is 19.7. The van der Waals surface area contributed by atoms with Gasteiger partial charge in [0.1, 0.15) is 5.69 Å². The van der Waals surface area contributed by atoms with E-state index in [1.165, 1.54) is 17.0 Å². The van der Waals surface area contributed by atoms with Crippen LogP contribution in [0.3, 0.4) is 0 Å². The van der Waals surface area contributed by atoms with Crippen LogP contribution in [-0.2, 0) is 4.74 Å². The van der Waals surface area contributed by atoms with Crippen molar-refractivity contribution in [2.75, 3.05) is 41.8 Å². The van der Waals surface area contributed by atoms with Crippen molar-refractivity contribution in [3.05, 3.63) is 94.8 Å². The van der Waals surface area contributed by atoms with Gasteiger partial charge in [0.2, 0.25) is 5.95 Å². The number of hydrogen-bond acceptors (Lipinski definition) is 9. The molecule has 4 aromatic heterocycles. The minimum absolute atomic E-state index is 0.140. The summed E-state index contributed by atoms with van der Waals surface area (Å²) in [6.07, 6.45) is 3.74. The number of amides is 1. The predicted molar refractivity (Wildman–Crippen MR) is 165 cm³/mol. The van der Waals surface area contributed by atoms with Crippen LogP contribution in [0.1, 0.15) is 10.4 Å². The van der Waals surface area contributed by atoms with E-state index < -0.39 is 0 Å². The fourth-order valence-corrected chi connectivity index (χ4v) is 6.18. The zero-order valence-electron chi connectivity index (χ0n) is 21.9. The number of thiophene rings is 1. The van der Waals surface area contributed by atoms with E-state index in [1.807, 2.05) is 75.3 Å². The second-order valence-corrected chi connectivity index (χ2v) is 11.1. The Balaban J connectivity index is 1.18. The van der Waals surface area contributed by atoms with Gasteiger partial charge in [-0.3, -0.25) is 9.20 Å². The smallest absolute Gasteiger partial charge is 0.256 e. The number of nitrogens with zero attached hydrogens (tertiary/aromatic N) is 5. The van der Waals surface area contributed by atoms with Gasteiger partial charge in [0, 0.05) is 58.9 Å². The molecule has 9 nitrogen and oxygen atoms in total. The molecule has 0 spiro atoms. The first kappa shape index (κ1) is 25.4. The number of carbonyl (C=O) groups is 1. The number of morpholine rings is 1. The Kier molecular flexibility index (Phi) is 6.89. The van der Waals surface area contributed by atoms with E-state index in [1.54, 1.807) is 17.5 Å². The van der Waals surface area contributed by atoms with Crippen molar-refractivity contribution in [2.24, 2.45) is 0 Å². The quantitative estimate of drug-likeness (QED) is 0.225. The first-order chi connectivity index (χ1) is 20.2. The third-order valence-corrected chi connectivity index (χ3v) is 8.28. The van der Waals surface area contributed by atoms with Gasteiger partial charge in [0.25, 0.3) is 5.91 Å². The Hall–Kier alpha value is -4.58. The Morgan fingerprint density at radius 1 is 0.951 bits per heavy atom. The summed E-state index contributed by atoms with van der Waals surface area (Å²) >= 11 is 3.05. The van der Waals surface area contributed by atoms with Gasteiger partial charge in [0.05, 0.1) is 30.2 Å². The van der Waals surface area contributed by atoms with Gasteiger partial charge >= 0.3 is 0 Å². The fraction of sp³-hybridized carbons (Fsp3) is 0.133. The van der Waals surface area contributed by atoms with Crippen molar-refractivity contribution in [3.63, 3.8) is 0 Å². The van der Waals surface area contributed by atoms with Gasteiger partial charge in [-0.05, 0) is 53.9 Å². The summed E-state index contributed by atoms with van der Waals surface area (Å²) in [4.78, 5) is 30.1. The van der Waals surface area contributed by atoms with Crippen LogP contribution in [0.5, 0.6) is 0 Å². The van der Waals surface area contributed by atoms with E-state index >= 15 is 0 Å². The summed E-state index contributed by atoms with van der Waals surface area (Å²) in [6.45, 7) is 3.30. The molecule has 2 aromatic carbocycles. The van der Waals surface area contributed by atoms with Crippen molar-refractivity contribution in [1.29, 1.82) is 0 Å². The van der Waals surface area contributed by atoms with Crippen LogP contribution >= 0.6 is 22.7 Å². The van der Waals surface area contributed by atoms with E-state index in [-0.39, 0.29) is 5.91 Å². The SMILES string of the molecule is O=C(Nc1cccc(-c2nc3sccn3c2-c2ccnc(Nc3ccc(N4CCOCC4)cc3)n2)c1)c1ccsc1. The maximum atomic E-state index is 12.6. The molecule has 41 heavy (non-hydrogen) atoms. The summed E-state index contributed by atoms with van der Waals surface area (Å²) in [5, 5.41) is 12.1. The number of nitrogens with one attached hydrogen (secondary N) is 2. The lowest BCUT2D eigenvalue weighted by Gasteiger charge is -2.28. The molecule has 1 amide bonds. The summed E-state index contributed by atoms with van der Waals surface area (Å²) in [5.74, 6) is 0.355. The lowest BCUT2D eigenvalue weighted by atomic mass is 10.1. The summed E-state index contributed by atoms with van der Waals surface area (Å²) < 4.78 is 7.51. The molecule has 204 valence electrons. The van der Waals surface area contributed by atoms with Gasteiger partial charge in [-0.15, -0.1) is 11.3 Å². The van der Waals surface area contributed by atoms with E-state index in [4.69, 9.17) is 14.7 Å². The van der Waals surface area contributed by atoms with Gasteiger partial charge in [-0.1, -0.05) is 12.1 Å². The molecule has 1 aliphatic heterocycles. The molecule has 0 aliphatic carbocycles. The van der Waals surface area contributed by atoms with Crippen LogP contribution in [0, 0.1) is 0 Å². The predicted octanol–water partition coefficient (Wildman–Crippen LogP) is 6.41. The third kappa shape index (κ3) is 5.30. The number of hydrogen-bond donors (Lipinski definition) is 2. The van der Waals surface area contributed by atoms with E-state index in [9.17, 15) is 4.79 Å². The second-order valence-electron chi connectivity index (χ2n) is 9.45. The molecule has 5 heterocycles. The van der Waals surface area contributed by atoms with Gasteiger partial charge in [-0.25, -0.2) is 15.0 Å². The first-order valence-electron chi connectivity index (χ1n) is 13.1. The largest absolute Gasteiger partial charge is 0.378 e. The first-order valence-corrected chi connectivity index (χ1v) is 15.0. The Morgan fingerprint density at radius 2 is 1.83 bits per heavy atom. The standard InChI is InChI=1S/C30H25N7O2S2/c38-28(21-9-16-40-19-21)32-23-3-1-2-20(18-23)26-27(37-13-17-41-30(37)35-26)25-8-10-31-29(34-25)33-22-4-6-24(7-5-22)36-11-14-39-15-12-36/h1-10,13,16-19H,11-12,14-15H2,(H,32,38)(H,31,33,34). The third-order valence-electron chi connectivity index (χ3n) is 6.84. The zero-order chi connectivity index (χ0) is 27.6. The zero-order valence-corrected chi connectivity index (χ0v) is 23.5. The Bertz CT molecular complexity index is 1810. The molecule has 1 aliphatic rings. The van der Waals surface area contributed by atoms with Crippen molar-refractivity contribution in [2.45, 2.75) is 0 Å². The minimum atomic E-state index is -0.140. The fourth-order valence-electron chi connectivity index (χ4n) is 4.83. The number of imidazole rings is 1. The molecule has 6 aromatic rings. The van der Waals surface area contributed by atoms with Crippen LogP contribution in [0.15, 0.2) is 89.2 Å². The molecule has 0 unspecified atom stereocenters. The number of fused-ring (bicyclic) bond motifs is 1. The van der Waals surface area contributed by atoms with Gasteiger partial charge in [0.15, 0.2) is 4.96 Å². The number of carbonyl (C=O) groups excluding carboxylic acids is 1. The minimum Gasteiger partial charge on any atom is -0.378 e. The normalized spacial score (nSPS) is 13.4. The van der Waals surface area contributed by atoms with Crippen molar-refractivity contribution in [3.8, 4) is 22.6 Å². The molecule has 7 rings (SSSR count). The molecule has 11 heteroatoms. The maximum Gasteiger partial charge on any atom is 0.256 e. The molecule has 0 saturated carbocycles. The van der Waals surface area contributed by atoms with E-state index in [0.29, 0.717) is 17.2 Å².